The van der Waals surface area contributed by atoms with Gasteiger partial charge in [0.05, 0.1) is 5.71 Å². The summed E-state index contributed by atoms with van der Waals surface area (Å²) in [5.41, 5.74) is 0.367. The summed E-state index contributed by atoms with van der Waals surface area (Å²) in [7, 11) is 1.82. The molecule has 1 saturated heterocycles. The first-order valence-corrected chi connectivity index (χ1v) is 7.65. The first-order valence-electron chi connectivity index (χ1n) is 7.65. The minimum absolute atomic E-state index is 0.0375. The molecule has 0 aromatic carbocycles. The monoisotopic (exact) mass is 295 g/mol. The molecule has 1 fully saturated rings. The van der Waals surface area contributed by atoms with Gasteiger partial charge in [-0.1, -0.05) is 48.5 Å². The van der Waals surface area contributed by atoms with Gasteiger partial charge in [-0.2, -0.15) is 10.1 Å². The summed E-state index contributed by atoms with van der Waals surface area (Å²) in [6, 6.07) is -0.0401. The average Bonchev–Trinajstić information content (AvgIpc) is 2.55. The van der Waals surface area contributed by atoms with E-state index in [2.05, 4.69) is 53.6 Å². The largest absolute Gasteiger partial charge is 0.439 e. The van der Waals surface area contributed by atoms with Gasteiger partial charge in [-0.25, -0.2) is 9.91 Å². The highest BCUT2D eigenvalue weighted by molar-refractivity contribution is 5.93. The van der Waals surface area contributed by atoms with Crippen molar-refractivity contribution < 1.29 is 9.53 Å². The van der Waals surface area contributed by atoms with E-state index in [0.29, 0.717) is 0 Å². The van der Waals surface area contributed by atoms with Crippen molar-refractivity contribution in [2.24, 2.45) is 21.8 Å². The van der Waals surface area contributed by atoms with Crippen LogP contribution in [0.4, 0.5) is 4.79 Å². The topological polar surface area (TPSA) is 45.1 Å². The van der Waals surface area contributed by atoms with Crippen molar-refractivity contribution in [1.82, 2.24) is 10.1 Å². The Bertz CT molecular complexity index is 487. The van der Waals surface area contributed by atoms with Crippen LogP contribution >= 0.6 is 0 Å². The fraction of sp³-hybridized carbons (Fsp3) is 0.875. The van der Waals surface area contributed by atoms with Crippen molar-refractivity contribution >= 4 is 11.8 Å². The van der Waals surface area contributed by atoms with Crippen molar-refractivity contribution in [3.8, 4) is 0 Å². The van der Waals surface area contributed by atoms with Crippen LogP contribution in [0, 0.1) is 16.7 Å². The predicted octanol–water partition coefficient (Wildman–Crippen LogP) is 3.51. The SMILES string of the molecule is C[C@H]1C(C(C)(C)C)=NN(C)N2C(=O)O[C@](C)(C(C)(C)C)C12. The second kappa shape index (κ2) is 4.37. The molecule has 2 aliphatic rings. The summed E-state index contributed by atoms with van der Waals surface area (Å²) in [6.07, 6.45) is -0.302. The third-order valence-electron chi connectivity index (χ3n) is 5.04. The van der Waals surface area contributed by atoms with Gasteiger partial charge in [-0.15, -0.1) is 0 Å². The molecule has 0 bridgehead atoms. The Kier molecular flexibility index (Phi) is 3.35. The van der Waals surface area contributed by atoms with Crippen molar-refractivity contribution in [2.75, 3.05) is 7.05 Å². The zero-order valence-corrected chi connectivity index (χ0v) is 14.8. The van der Waals surface area contributed by atoms with E-state index >= 15 is 0 Å². The van der Waals surface area contributed by atoms with E-state index < -0.39 is 5.60 Å². The summed E-state index contributed by atoms with van der Waals surface area (Å²) < 4.78 is 5.83. The molecule has 2 rings (SSSR count). The molecule has 1 amide bonds. The van der Waals surface area contributed by atoms with Gasteiger partial charge in [0.25, 0.3) is 0 Å². The van der Waals surface area contributed by atoms with Crippen molar-refractivity contribution in [3.63, 3.8) is 0 Å². The van der Waals surface area contributed by atoms with Gasteiger partial charge >= 0.3 is 6.09 Å². The molecule has 3 atom stereocenters. The van der Waals surface area contributed by atoms with Crippen molar-refractivity contribution in [1.29, 1.82) is 0 Å². The zero-order chi connectivity index (χ0) is 16.4. The first-order chi connectivity index (χ1) is 9.30. The van der Waals surface area contributed by atoms with Crippen LogP contribution in [0.5, 0.6) is 0 Å². The van der Waals surface area contributed by atoms with Gasteiger partial charge in [0.2, 0.25) is 0 Å². The number of carbonyl (C=O) groups is 1. The van der Waals surface area contributed by atoms with E-state index in [1.165, 1.54) is 0 Å². The van der Waals surface area contributed by atoms with Crippen LogP contribution in [0.25, 0.3) is 0 Å². The Hall–Kier alpha value is -1.26. The maximum absolute atomic E-state index is 12.4. The Morgan fingerprint density at radius 2 is 1.71 bits per heavy atom. The molecule has 0 radical (unpaired) electrons. The third-order valence-corrected chi connectivity index (χ3v) is 5.04. The molecule has 5 heteroatoms. The van der Waals surface area contributed by atoms with Gasteiger partial charge in [-0.05, 0) is 6.92 Å². The van der Waals surface area contributed by atoms with Gasteiger partial charge in [0.15, 0.2) is 0 Å². The van der Waals surface area contributed by atoms with Crippen LogP contribution in [-0.2, 0) is 4.74 Å². The molecule has 0 spiro atoms. The van der Waals surface area contributed by atoms with E-state index in [1.807, 2.05) is 14.0 Å². The van der Waals surface area contributed by atoms with E-state index in [9.17, 15) is 4.79 Å². The van der Waals surface area contributed by atoms with E-state index in [-0.39, 0.29) is 28.9 Å². The normalized spacial score (nSPS) is 33.8. The number of nitrogens with zero attached hydrogens (tertiary/aromatic N) is 3. The van der Waals surface area contributed by atoms with Gasteiger partial charge in [0, 0.05) is 23.8 Å². The second-order valence-electron chi connectivity index (χ2n) is 8.53. The van der Waals surface area contributed by atoms with Crippen LogP contribution in [0.1, 0.15) is 55.4 Å². The summed E-state index contributed by atoms with van der Waals surface area (Å²) in [5, 5.41) is 7.98. The van der Waals surface area contributed by atoms with E-state index in [0.717, 1.165) is 5.71 Å². The van der Waals surface area contributed by atoms with Crippen LogP contribution in [0.15, 0.2) is 5.10 Å². The highest BCUT2D eigenvalue weighted by Gasteiger charge is 2.62. The lowest BCUT2D eigenvalue weighted by Gasteiger charge is -2.48. The number of hydrogen-bond acceptors (Lipinski definition) is 4. The number of ether oxygens (including phenoxy) is 1. The lowest BCUT2D eigenvalue weighted by atomic mass is 9.67. The molecular weight excluding hydrogens is 266 g/mol. The smallest absolute Gasteiger partial charge is 0.431 e. The van der Waals surface area contributed by atoms with Gasteiger partial charge < -0.3 is 4.74 Å². The molecule has 0 aromatic rings. The quantitative estimate of drug-likeness (QED) is 0.687. The average molecular weight is 295 g/mol. The molecule has 0 aliphatic carbocycles. The highest BCUT2D eigenvalue weighted by atomic mass is 16.6. The summed E-state index contributed by atoms with van der Waals surface area (Å²) in [6.45, 7) is 17.1. The number of hydrazone groups is 1. The standard InChI is InChI=1S/C16H29N3O2/c1-10-11(14(2,3)4)17-18(9)19-12(10)16(8,15(5,6)7)21-13(19)20/h10,12H,1-9H3/t10-,12?,16-/m0/s1. The minimum Gasteiger partial charge on any atom is -0.439 e. The Balaban J connectivity index is 2.56. The zero-order valence-electron chi connectivity index (χ0n) is 14.8. The van der Waals surface area contributed by atoms with Gasteiger partial charge in [-0.3, -0.25) is 0 Å². The molecule has 0 N–H and O–H groups in total. The number of carbonyl (C=O) groups excluding carboxylic acids is 1. The number of cyclic esters (lactones) is 1. The Morgan fingerprint density at radius 1 is 1.19 bits per heavy atom. The maximum atomic E-state index is 12.4. The Morgan fingerprint density at radius 3 is 2.14 bits per heavy atom. The van der Waals surface area contributed by atoms with Gasteiger partial charge in [0.1, 0.15) is 11.6 Å². The second-order valence-corrected chi connectivity index (χ2v) is 8.53. The molecule has 21 heavy (non-hydrogen) atoms. The van der Waals surface area contributed by atoms with E-state index in [1.54, 1.807) is 10.1 Å². The number of amides is 1. The van der Waals surface area contributed by atoms with E-state index in [4.69, 9.17) is 4.74 Å². The fourth-order valence-corrected chi connectivity index (χ4v) is 3.50. The van der Waals surface area contributed by atoms with Crippen LogP contribution in [0.2, 0.25) is 0 Å². The van der Waals surface area contributed by atoms with Crippen LogP contribution < -0.4 is 0 Å². The van der Waals surface area contributed by atoms with Crippen molar-refractivity contribution in [3.05, 3.63) is 0 Å². The lowest BCUT2D eigenvalue weighted by Crippen LogP contribution is -2.62. The Labute approximate surface area is 128 Å². The number of fused-ring (bicyclic) bond motifs is 1. The molecule has 0 aromatic heterocycles. The first kappa shape index (κ1) is 16.1. The molecular formula is C16H29N3O2. The van der Waals surface area contributed by atoms with Crippen LogP contribution in [-0.4, -0.2) is 40.6 Å². The predicted molar refractivity (Wildman–Crippen MR) is 83.8 cm³/mol. The maximum Gasteiger partial charge on any atom is 0.431 e. The number of rotatable bonds is 0. The fourth-order valence-electron chi connectivity index (χ4n) is 3.50. The summed E-state index contributed by atoms with van der Waals surface area (Å²) in [4.78, 5) is 12.4. The van der Waals surface area contributed by atoms with Crippen LogP contribution in [0.3, 0.4) is 0 Å². The molecule has 0 saturated carbocycles. The van der Waals surface area contributed by atoms with Crippen molar-refractivity contribution in [2.45, 2.75) is 67.0 Å². The molecule has 1 unspecified atom stereocenters. The number of hydrazine groups is 1. The summed E-state index contributed by atoms with van der Waals surface area (Å²) in [5.74, 6) is 0.150. The third kappa shape index (κ3) is 2.21. The summed E-state index contributed by atoms with van der Waals surface area (Å²) >= 11 is 0. The lowest BCUT2D eigenvalue weighted by molar-refractivity contribution is -0.0724. The molecule has 120 valence electrons. The molecule has 2 aliphatic heterocycles. The minimum atomic E-state index is -0.551. The highest BCUT2D eigenvalue weighted by Crippen LogP contribution is 2.49. The molecule has 5 nitrogen and oxygen atoms in total. The molecule has 2 heterocycles. The number of hydrogen-bond donors (Lipinski definition) is 0.